The number of nitrogens with two attached hydrogens (primary N) is 1. The highest BCUT2D eigenvalue weighted by atomic mass is 19.1. The van der Waals surface area contributed by atoms with Crippen molar-refractivity contribution < 1.29 is 8.78 Å². The molecule has 3 unspecified atom stereocenters. The minimum Gasteiger partial charge on any atom is -0.330 e. The molecule has 1 aromatic rings. The van der Waals surface area contributed by atoms with E-state index < -0.39 is 11.6 Å². The van der Waals surface area contributed by atoms with Crippen molar-refractivity contribution in [2.75, 3.05) is 13.6 Å². The van der Waals surface area contributed by atoms with E-state index in [4.69, 9.17) is 5.73 Å². The van der Waals surface area contributed by atoms with Crippen LogP contribution in [0.15, 0.2) is 18.2 Å². The SMILES string of the molecule is CC(c1ccc(F)cc1F)N(C)C1CCCCC1CN. The van der Waals surface area contributed by atoms with Crippen molar-refractivity contribution in [2.24, 2.45) is 11.7 Å². The van der Waals surface area contributed by atoms with Gasteiger partial charge in [0, 0.05) is 23.7 Å². The molecule has 4 heteroatoms. The van der Waals surface area contributed by atoms with Crippen molar-refractivity contribution in [1.82, 2.24) is 4.90 Å². The van der Waals surface area contributed by atoms with Crippen LogP contribution in [0.3, 0.4) is 0 Å². The van der Waals surface area contributed by atoms with Gasteiger partial charge < -0.3 is 5.73 Å². The number of nitrogens with zero attached hydrogens (tertiary/aromatic N) is 1. The summed E-state index contributed by atoms with van der Waals surface area (Å²) in [5, 5.41) is 0. The van der Waals surface area contributed by atoms with Gasteiger partial charge in [0.25, 0.3) is 0 Å². The molecule has 0 amide bonds. The quantitative estimate of drug-likeness (QED) is 0.916. The highest BCUT2D eigenvalue weighted by Crippen LogP contribution is 2.33. The molecule has 0 heterocycles. The van der Waals surface area contributed by atoms with E-state index in [0.717, 1.165) is 18.9 Å². The Hall–Kier alpha value is -1.00. The van der Waals surface area contributed by atoms with Gasteiger partial charge in [0.15, 0.2) is 0 Å². The molecule has 2 nitrogen and oxygen atoms in total. The van der Waals surface area contributed by atoms with Crippen LogP contribution >= 0.6 is 0 Å². The Morgan fingerprint density at radius 2 is 2.00 bits per heavy atom. The Morgan fingerprint density at radius 3 is 2.65 bits per heavy atom. The lowest BCUT2D eigenvalue weighted by Crippen LogP contribution is -2.44. The standard InChI is InChI=1S/C16H24F2N2/c1-11(14-8-7-13(17)9-15(14)18)20(2)16-6-4-3-5-12(16)10-19/h7-9,11-12,16H,3-6,10,19H2,1-2H3. The van der Waals surface area contributed by atoms with Gasteiger partial charge in [-0.2, -0.15) is 0 Å². The number of hydrogen-bond acceptors (Lipinski definition) is 2. The highest BCUT2D eigenvalue weighted by molar-refractivity contribution is 5.22. The van der Waals surface area contributed by atoms with Gasteiger partial charge in [-0.3, -0.25) is 4.90 Å². The molecule has 3 atom stereocenters. The van der Waals surface area contributed by atoms with Crippen molar-refractivity contribution >= 4 is 0 Å². The van der Waals surface area contributed by atoms with E-state index in [9.17, 15) is 8.78 Å². The molecule has 0 radical (unpaired) electrons. The molecule has 0 spiro atoms. The van der Waals surface area contributed by atoms with Gasteiger partial charge in [-0.05, 0) is 45.3 Å². The molecule has 20 heavy (non-hydrogen) atoms. The molecule has 2 rings (SSSR count). The Bertz CT molecular complexity index is 450. The van der Waals surface area contributed by atoms with Crippen LogP contribution in [0.5, 0.6) is 0 Å². The third-order valence-corrected chi connectivity index (χ3v) is 4.72. The van der Waals surface area contributed by atoms with Gasteiger partial charge in [-0.25, -0.2) is 8.78 Å². The van der Waals surface area contributed by atoms with Crippen LogP contribution in [-0.2, 0) is 0 Å². The summed E-state index contributed by atoms with van der Waals surface area (Å²) < 4.78 is 26.9. The van der Waals surface area contributed by atoms with Crippen LogP contribution in [0.1, 0.15) is 44.2 Å². The van der Waals surface area contributed by atoms with Gasteiger partial charge in [0.2, 0.25) is 0 Å². The van der Waals surface area contributed by atoms with E-state index in [1.807, 2.05) is 14.0 Å². The molecule has 0 saturated heterocycles. The fraction of sp³-hybridized carbons (Fsp3) is 0.625. The van der Waals surface area contributed by atoms with Crippen molar-refractivity contribution in [3.05, 3.63) is 35.4 Å². The van der Waals surface area contributed by atoms with Crippen LogP contribution in [0.2, 0.25) is 0 Å². The number of benzene rings is 1. The topological polar surface area (TPSA) is 29.3 Å². The molecule has 1 saturated carbocycles. The zero-order valence-electron chi connectivity index (χ0n) is 12.3. The summed E-state index contributed by atoms with van der Waals surface area (Å²) in [6.45, 7) is 2.64. The fourth-order valence-corrected chi connectivity index (χ4v) is 3.35. The molecular weight excluding hydrogens is 258 g/mol. The average Bonchev–Trinajstić information content (AvgIpc) is 2.45. The summed E-state index contributed by atoms with van der Waals surface area (Å²) in [6.07, 6.45) is 4.67. The Morgan fingerprint density at radius 1 is 1.30 bits per heavy atom. The molecule has 2 N–H and O–H groups in total. The maximum Gasteiger partial charge on any atom is 0.130 e. The Balaban J connectivity index is 2.16. The lowest BCUT2D eigenvalue weighted by molar-refractivity contribution is 0.0973. The summed E-state index contributed by atoms with van der Waals surface area (Å²) in [6, 6.07) is 4.14. The van der Waals surface area contributed by atoms with Crippen LogP contribution in [0, 0.1) is 17.6 Å². The molecule has 1 fully saturated rings. The molecule has 1 aromatic carbocycles. The van der Waals surface area contributed by atoms with Crippen molar-refractivity contribution in [1.29, 1.82) is 0 Å². The van der Waals surface area contributed by atoms with Gasteiger partial charge >= 0.3 is 0 Å². The van der Waals surface area contributed by atoms with Crippen LogP contribution < -0.4 is 5.73 Å². The van der Waals surface area contributed by atoms with E-state index in [0.29, 0.717) is 24.1 Å². The molecule has 112 valence electrons. The first-order valence-electron chi connectivity index (χ1n) is 7.41. The zero-order valence-corrected chi connectivity index (χ0v) is 12.3. The van der Waals surface area contributed by atoms with Crippen molar-refractivity contribution in [3.8, 4) is 0 Å². The summed E-state index contributed by atoms with van der Waals surface area (Å²) in [5.41, 5.74) is 6.42. The number of hydrogen-bond donors (Lipinski definition) is 1. The Labute approximate surface area is 120 Å². The van der Waals surface area contributed by atoms with Crippen molar-refractivity contribution in [2.45, 2.75) is 44.7 Å². The van der Waals surface area contributed by atoms with E-state index in [1.54, 1.807) is 6.07 Å². The first kappa shape index (κ1) is 15.4. The van der Waals surface area contributed by atoms with Gasteiger partial charge in [-0.1, -0.05) is 18.9 Å². The second-order valence-corrected chi connectivity index (χ2v) is 5.85. The second-order valence-electron chi connectivity index (χ2n) is 5.85. The molecule has 1 aliphatic rings. The van der Waals surface area contributed by atoms with Gasteiger partial charge in [0.1, 0.15) is 11.6 Å². The maximum absolute atomic E-state index is 13.9. The van der Waals surface area contributed by atoms with Crippen molar-refractivity contribution in [3.63, 3.8) is 0 Å². The number of rotatable bonds is 4. The van der Waals surface area contributed by atoms with E-state index in [2.05, 4.69) is 4.90 Å². The molecule has 1 aliphatic carbocycles. The van der Waals surface area contributed by atoms with Gasteiger partial charge in [-0.15, -0.1) is 0 Å². The summed E-state index contributed by atoms with van der Waals surface area (Å²) in [7, 11) is 2.02. The minimum absolute atomic E-state index is 0.0762. The van der Waals surface area contributed by atoms with Crippen LogP contribution in [-0.4, -0.2) is 24.5 Å². The lowest BCUT2D eigenvalue weighted by Gasteiger charge is -2.40. The third kappa shape index (κ3) is 3.18. The predicted octanol–water partition coefficient (Wildman–Crippen LogP) is 3.48. The summed E-state index contributed by atoms with van der Waals surface area (Å²) >= 11 is 0. The fourth-order valence-electron chi connectivity index (χ4n) is 3.35. The third-order valence-electron chi connectivity index (χ3n) is 4.72. The normalized spacial score (nSPS) is 24.9. The highest BCUT2D eigenvalue weighted by Gasteiger charge is 2.30. The largest absolute Gasteiger partial charge is 0.330 e. The van der Waals surface area contributed by atoms with Gasteiger partial charge in [0.05, 0.1) is 0 Å². The molecule has 0 aliphatic heterocycles. The number of halogens is 2. The zero-order chi connectivity index (χ0) is 14.7. The predicted molar refractivity (Wildman–Crippen MR) is 77.3 cm³/mol. The van der Waals surface area contributed by atoms with Crippen LogP contribution in [0.25, 0.3) is 0 Å². The average molecular weight is 282 g/mol. The Kier molecular flexibility index (Phi) is 5.11. The molecule has 0 bridgehead atoms. The first-order chi connectivity index (χ1) is 9.54. The molecular formula is C16H24F2N2. The second kappa shape index (κ2) is 6.64. The monoisotopic (exact) mass is 282 g/mol. The lowest BCUT2D eigenvalue weighted by atomic mass is 9.83. The molecule has 0 aromatic heterocycles. The van der Waals surface area contributed by atoms with E-state index >= 15 is 0 Å². The summed E-state index contributed by atoms with van der Waals surface area (Å²) in [4.78, 5) is 2.20. The summed E-state index contributed by atoms with van der Waals surface area (Å²) in [5.74, 6) is -0.525. The van der Waals surface area contributed by atoms with E-state index in [1.165, 1.54) is 18.9 Å². The van der Waals surface area contributed by atoms with Crippen LogP contribution in [0.4, 0.5) is 8.78 Å². The van der Waals surface area contributed by atoms with E-state index in [-0.39, 0.29) is 6.04 Å². The maximum atomic E-state index is 13.9. The first-order valence-corrected chi connectivity index (χ1v) is 7.41. The minimum atomic E-state index is -0.529. The smallest absolute Gasteiger partial charge is 0.130 e.